The number of ether oxygens (including phenoxy) is 2. The van der Waals surface area contributed by atoms with E-state index in [-0.39, 0.29) is 30.8 Å². The number of benzene rings is 2. The third-order valence-corrected chi connectivity index (χ3v) is 9.76. The number of aliphatic hydroxyl groups is 1. The molecule has 7 N–H and O–H groups in total. The van der Waals surface area contributed by atoms with Gasteiger partial charge in [0, 0.05) is 23.5 Å². The lowest BCUT2D eigenvalue weighted by Crippen LogP contribution is -2.58. The highest BCUT2D eigenvalue weighted by atomic mass is 16.5. The van der Waals surface area contributed by atoms with E-state index in [0.717, 1.165) is 22.0 Å². The minimum atomic E-state index is -1.36. The predicted molar refractivity (Wildman–Crippen MR) is 220 cm³/mol. The van der Waals surface area contributed by atoms with Crippen LogP contribution < -0.4 is 26.6 Å². The summed E-state index contributed by atoms with van der Waals surface area (Å²) < 4.78 is 10.3. The monoisotopic (exact) mass is 806 g/mol. The SMILES string of the molecule is COC(=O)[C@@H](NC(=O)[C@@H](NC(=O)C[C@H](O)[C@H](CC(C)C)NC(=O)[C@@H](NC(=O)[C@H](Cc1c[nH]c2ccccc12)NC(=O)OCc1ccccc1)C(C)C)C(C)C)C(C)C. The standard InChI is InChI=1S/C43H62N6O9/c1-24(2)19-32(34(50)21-35(51)47-36(25(3)4)41(54)49-38(27(7)8)42(55)57-9)45-40(53)37(26(5)6)48-39(52)33(20-29-22-44-31-18-14-13-17-30(29)31)46-43(56)58-23-28-15-11-10-12-16-28/h10-18,22,24-27,32-34,36-38,44,50H,19-21,23H2,1-9H3,(H,45,53)(H,46,56)(H,47,51)(H,48,52)(H,49,54)/t32-,33-,34-,36-,37-,38-/m0/s1. The number of aromatic amines is 1. The molecule has 6 atom stereocenters. The van der Waals surface area contributed by atoms with Crippen LogP contribution >= 0.6 is 0 Å². The first kappa shape index (κ1) is 46.9. The summed E-state index contributed by atoms with van der Waals surface area (Å²) in [6.07, 6.45) is -0.473. The van der Waals surface area contributed by atoms with Crippen LogP contribution in [-0.4, -0.2) is 89.2 Å². The Morgan fingerprint density at radius 1 is 0.690 bits per heavy atom. The number of amides is 5. The van der Waals surface area contributed by atoms with Gasteiger partial charge in [-0.1, -0.05) is 104 Å². The molecule has 0 spiro atoms. The second kappa shape index (κ2) is 22.5. The Balaban J connectivity index is 1.75. The van der Waals surface area contributed by atoms with Gasteiger partial charge >= 0.3 is 12.1 Å². The van der Waals surface area contributed by atoms with Crippen molar-refractivity contribution in [3.63, 3.8) is 0 Å². The van der Waals surface area contributed by atoms with Gasteiger partial charge in [0.2, 0.25) is 23.6 Å². The second-order valence-electron chi connectivity index (χ2n) is 16.1. The number of esters is 1. The van der Waals surface area contributed by atoms with Crippen LogP contribution in [-0.2, 0) is 46.5 Å². The van der Waals surface area contributed by atoms with Crippen molar-refractivity contribution in [1.82, 2.24) is 31.6 Å². The molecule has 15 nitrogen and oxygen atoms in total. The average molecular weight is 807 g/mol. The van der Waals surface area contributed by atoms with Crippen LogP contribution in [0, 0.1) is 23.7 Å². The molecule has 5 amide bonds. The van der Waals surface area contributed by atoms with Crippen LogP contribution in [0.1, 0.15) is 79.4 Å². The number of aromatic nitrogens is 1. The normalized spacial score (nSPS) is 14.6. The summed E-state index contributed by atoms with van der Waals surface area (Å²) in [5.41, 5.74) is 2.39. The quantitative estimate of drug-likeness (QED) is 0.0777. The first-order valence-corrected chi connectivity index (χ1v) is 19.9. The molecule has 0 bridgehead atoms. The maximum absolute atomic E-state index is 14.0. The molecule has 0 saturated carbocycles. The van der Waals surface area contributed by atoms with Crippen LogP contribution in [0.15, 0.2) is 60.8 Å². The number of fused-ring (bicyclic) bond motifs is 1. The van der Waals surface area contributed by atoms with Crippen LogP contribution in [0.25, 0.3) is 10.9 Å². The van der Waals surface area contributed by atoms with E-state index in [1.807, 2.05) is 68.4 Å². The van der Waals surface area contributed by atoms with Crippen LogP contribution in [0.4, 0.5) is 4.79 Å². The lowest BCUT2D eigenvalue weighted by molar-refractivity contribution is -0.147. The number of H-pyrrole nitrogens is 1. The van der Waals surface area contributed by atoms with Crippen LogP contribution in [0.2, 0.25) is 0 Å². The number of carbonyl (C=O) groups is 6. The minimum absolute atomic E-state index is 0.0118. The highest BCUT2D eigenvalue weighted by molar-refractivity contribution is 5.93. The molecule has 58 heavy (non-hydrogen) atoms. The van der Waals surface area contributed by atoms with Crippen LogP contribution in [0.3, 0.4) is 0 Å². The molecule has 0 aliphatic rings. The van der Waals surface area contributed by atoms with Gasteiger partial charge in [-0.05, 0) is 47.3 Å². The summed E-state index contributed by atoms with van der Waals surface area (Å²) >= 11 is 0. The van der Waals surface area contributed by atoms with Gasteiger partial charge in [0.05, 0.1) is 25.7 Å². The lowest BCUT2D eigenvalue weighted by atomic mass is 9.95. The Kier molecular flexibility index (Phi) is 18.2. The molecule has 15 heteroatoms. The summed E-state index contributed by atoms with van der Waals surface area (Å²) in [7, 11) is 1.23. The molecule has 0 aliphatic heterocycles. The fraction of sp³-hybridized carbons (Fsp3) is 0.535. The molecule has 2 aromatic carbocycles. The highest BCUT2D eigenvalue weighted by Crippen LogP contribution is 2.20. The summed E-state index contributed by atoms with van der Waals surface area (Å²) in [6, 6.07) is 11.6. The molecule has 0 aliphatic carbocycles. The fourth-order valence-electron chi connectivity index (χ4n) is 6.49. The zero-order valence-electron chi connectivity index (χ0n) is 35.1. The number of rotatable bonds is 21. The van der Waals surface area contributed by atoms with Crippen molar-refractivity contribution in [2.45, 2.75) is 118 Å². The smallest absolute Gasteiger partial charge is 0.408 e. The fourth-order valence-corrected chi connectivity index (χ4v) is 6.49. The highest BCUT2D eigenvalue weighted by Gasteiger charge is 2.35. The van der Waals surface area contributed by atoms with E-state index in [2.05, 4.69) is 31.6 Å². The zero-order chi connectivity index (χ0) is 43.1. The topological polar surface area (TPSA) is 217 Å². The van der Waals surface area contributed by atoms with Gasteiger partial charge in [0.1, 0.15) is 30.8 Å². The van der Waals surface area contributed by atoms with Gasteiger partial charge in [-0.3, -0.25) is 19.2 Å². The maximum Gasteiger partial charge on any atom is 0.408 e. The maximum atomic E-state index is 14.0. The Bertz CT molecular complexity index is 1830. The first-order valence-electron chi connectivity index (χ1n) is 19.9. The van der Waals surface area contributed by atoms with Crippen LogP contribution in [0.5, 0.6) is 0 Å². The Labute approximate surface area is 341 Å². The number of para-hydroxylation sites is 1. The van der Waals surface area contributed by atoms with E-state index in [1.165, 1.54) is 7.11 Å². The number of carbonyl (C=O) groups excluding carboxylic acids is 6. The van der Waals surface area contributed by atoms with Crippen molar-refractivity contribution >= 4 is 46.6 Å². The number of nitrogens with one attached hydrogen (secondary N) is 6. The van der Waals surface area contributed by atoms with E-state index in [1.54, 1.807) is 47.7 Å². The number of alkyl carbamates (subject to hydrolysis) is 1. The summed E-state index contributed by atoms with van der Waals surface area (Å²) in [4.78, 5) is 83.0. The Hall–Kier alpha value is -5.44. The third kappa shape index (κ3) is 14.2. The number of hydrogen-bond donors (Lipinski definition) is 7. The predicted octanol–water partition coefficient (Wildman–Crippen LogP) is 3.88. The van der Waals surface area contributed by atoms with E-state index in [9.17, 15) is 33.9 Å². The van der Waals surface area contributed by atoms with E-state index < -0.39 is 84.3 Å². The molecule has 0 fully saturated rings. The van der Waals surface area contributed by atoms with Crippen molar-refractivity contribution in [1.29, 1.82) is 0 Å². The van der Waals surface area contributed by atoms with Crippen molar-refractivity contribution in [2.24, 2.45) is 23.7 Å². The van der Waals surface area contributed by atoms with E-state index in [4.69, 9.17) is 9.47 Å². The molecular formula is C43H62N6O9. The summed E-state index contributed by atoms with van der Waals surface area (Å²) in [5, 5.41) is 25.9. The summed E-state index contributed by atoms with van der Waals surface area (Å²) in [5.74, 6) is -4.12. The molecule has 1 aromatic heterocycles. The number of methoxy groups -OCH3 is 1. The summed E-state index contributed by atoms with van der Waals surface area (Å²) in [6.45, 7) is 14.3. The number of aliphatic hydroxyl groups excluding tert-OH is 1. The van der Waals surface area contributed by atoms with Crippen molar-refractivity contribution in [3.8, 4) is 0 Å². The molecule has 0 radical (unpaired) electrons. The van der Waals surface area contributed by atoms with Gasteiger partial charge in [-0.25, -0.2) is 9.59 Å². The molecule has 0 unspecified atom stereocenters. The Morgan fingerprint density at radius 2 is 1.26 bits per heavy atom. The van der Waals surface area contributed by atoms with E-state index >= 15 is 0 Å². The average Bonchev–Trinajstić information content (AvgIpc) is 3.58. The molecular weight excluding hydrogens is 745 g/mol. The van der Waals surface area contributed by atoms with Crippen molar-refractivity contribution in [2.75, 3.05) is 7.11 Å². The largest absolute Gasteiger partial charge is 0.467 e. The Morgan fingerprint density at radius 3 is 1.86 bits per heavy atom. The van der Waals surface area contributed by atoms with E-state index in [0.29, 0.717) is 6.42 Å². The zero-order valence-corrected chi connectivity index (χ0v) is 35.1. The van der Waals surface area contributed by atoms with Gasteiger partial charge < -0.3 is 46.1 Å². The number of hydrogen-bond acceptors (Lipinski definition) is 9. The van der Waals surface area contributed by atoms with Crippen molar-refractivity contribution < 1.29 is 43.3 Å². The van der Waals surface area contributed by atoms with Gasteiger partial charge in [0.25, 0.3) is 0 Å². The van der Waals surface area contributed by atoms with Crippen molar-refractivity contribution in [3.05, 3.63) is 71.9 Å². The molecule has 318 valence electrons. The molecule has 3 rings (SSSR count). The van der Waals surface area contributed by atoms with Gasteiger partial charge in [-0.2, -0.15) is 0 Å². The molecule has 0 saturated heterocycles. The molecule has 1 heterocycles. The minimum Gasteiger partial charge on any atom is -0.467 e. The molecule has 3 aromatic rings. The van der Waals surface area contributed by atoms with Gasteiger partial charge in [0.15, 0.2) is 0 Å². The second-order valence-corrected chi connectivity index (χ2v) is 16.1. The van der Waals surface area contributed by atoms with Gasteiger partial charge in [-0.15, -0.1) is 0 Å². The third-order valence-electron chi connectivity index (χ3n) is 9.76. The first-order chi connectivity index (χ1) is 27.4. The lowest BCUT2D eigenvalue weighted by Gasteiger charge is -2.30.